The number of pyridine rings is 1. The van der Waals surface area contributed by atoms with Crippen molar-refractivity contribution < 1.29 is 8.78 Å². The molecule has 0 fully saturated rings. The lowest BCUT2D eigenvalue weighted by molar-refractivity contribution is 0.425. The van der Waals surface area contributed by atoms with Crippen LogP contribution in [-0.2, 0) is 6.54 Å². The van der Waals surface area contributed by atoms with E-state index in [0.29, 0.717) is 6.54 Å². The molecule has 2 aromatic rings. The summed E-state index contributed by atoms with van der Waals surface area (Å²) in [4.78, 5) is 11.9. The Bertz CT molecular complexity index is 682. The van der Waals surface area contributed by atoms with Gasteiger partial charge in [-0.1, -0.05) is 25.1 Å². The third-order valence-electron chi connectivity index (χ3n) is 3.44. The average Bonchev–Trinajstić information content (AvgIpc) is 2.45. The van der Waals surface area contributed by atoms with Crippen LogP contribution in [0.15, 0.2) is 41.2 Å². The maximum Gasteiger partial charge on any atom is 0.250 e. The van der Waals surface area contributed by atoms with Crippen molar-refractivity contribution in [1.29, 1.82) is 0 Å². The molecule has 1 atom stereocenters. The molecule has 21 heavy (non-hydrogen) atoms. The minimum absolute atomic E-state index is 0.158. The van der Waals surface area contributed by atoms with Crippen molar-refractivity contribution in [1.82, 2.24) is 9.88 Å². The van der Waals surface area contributed by atoms with E-state index in [2.05, 4.69) is 5.32 Å². The Balaban J connectivity index is 2.40. The molecule has 112 valence electrons. The topological polar surface area (TPSA) is 34.0 Å². The predicted molar refractivity (Wildman–Crippen MR) is 78.2 cm³/mol. The highest BCUT2D eigenvalue weighted by Crippen LogP contribution is 2.21. The summed E-state index contributed by atoms with van der Waals surface area (Å²) in [6.07, 6.45) is 0. The van der Waals surface area contributed by atoms with Crippen molar-refractivity contribution in [2.24, 2.45) is 0 Å². The molecule has 0 aliphatic rings. The summed E-state index contributed by atoms with van der Waals surface area (Å²) in [5.41, 5.74) is 0.851. The minimum atomic E-state index is -0.882. The molecule has 0 radical (unpaired) electrons. The van der Waals surface area contributed by atoms with Crippen LogP contribution in [0.5, 0.6) is 0 Å². The molecule has 0 bridgehead atoms. The SMILES string of the molecule is CCNC(Cn1c(C)cccc1=O)c1cccc(F)c1F. The summed E-state index contributed by atoms with van der Waals surface area (Å²) in [7, 11) is 0. The van der Waals surface area contributed by atoms with Crippen molar-refractivity contribution >= 4 is 0 Å². The second kappa shape index (κ2) is 6.63. The molecule has 1 N–H and O–H groups in total. The third kappa shape index (κ3) is 3.36. The van der Waals surface area contributed by atoms with Gasteiger partial charge in [0.1, 0.15) is 0 Å². The van der Waals surface area contributed by atoms with E-state index >= 15 is 0 Å². The summed E-state index contributed by atoms with van der Waals surface area (Å²) in [6, 6.07) is 8.57. The first kappa shape index (κ1) is 15.4. The van der Waals surface area contributed by atoms with Crippen molar-refractivity contribution in [2.45, 2.75) is 26.4 Å². The largest absolute Gasteiger partial charge is 0.311 e. The molecule has 1 unspecified atom stereocenters. The number of nitrogens with one attached hydrogen (secondary N) is 1. The van der Waals surface area contributed by atoms with Crippen molar-refractivity contribution in [3.63, 3.8) is 0 Å². The van der Waals surface area contributed by atoms with Gasteiger partial charge in [0.15, 0.2) is 11.6 Å². The minimum Gasteiger partial charge on any atom is -0.311 e. The summed E-state index contributed by atoms with van der Waals surface area (Å²) >= 11 is 0. The van der Waals surface area contributed by atoms with Gasteiger partial charge >= 0.3 is 0 Å². The van der Waals surface area contributed by atoms with Crippen LogP contribution in [0.1, 0.15) is 24.2 Å². The van der Waals surface area contributed by atoms with E-state index in [-0.39, 0.29) is 17.7 Å². The first-order valence-electron chi connectivity index (χ1n) is 6.88. The summed E-state index contributed by atoms with van der Waals surface area (Å²) in [6.45, 7) is 4.53. The Morgan fingerprint density at radius 1 is 1.19 bits per heavy atom. The van der Waals surface area contributed by atoms with Gasteiger partial charge in [-0.25, -0.2) is 8.78 Å². The number of hydrogen-bond donors (Lipinski definition) is 1. The monoisotopic (exact) mass is 292 g/mol. The number of likely N-dealkylation sites (N-methyl/N-ethyl adjacent to an activating group) is 1. The quantitative estimate of drug-likeness (QED) is 0.919. The molecule has 0 spiro atoms. The Kier molecular flexibility index (Phi) is 4.85. The Morgan fingerprint density at radius 3 is 2.57 bits per heavy atom. The molecule has 0 aliphatic heterocycles. The summed E-state index contributed by atoms with van der Waals surface area (Å²) in [5.74, 6) is -1.75. The first-order chi connectivity index (χ1) is 10.0. The van der Waals surface area contributed by atoms with Gasteiger partial charge in [0.2, 0.25) is 0 Å². The lowest BCUT2D eigenvalue weighted by Gasteiger charge is -2.21. The molecule has 0 amide bonds. The van der Waals surface area contributed by atoms with Gasteiger partial charge in [-0.3, -0.25) is 4.79 Å². The van der Waals surface area contributed by atoms with Crippen LogP contribution in [0.2, 0.25) is 0 Å². The lowest BCUT2D eigenvalue weighted by Crippen LogP contribution is -2.31. The van der Waals surface area contributed by atoms with Crippen LogP contribution in [0.25, 0.3) is 0 Å². The highest BCUT2D eigenvalue weighted by Gasteiger charge is 2.18. The van der Waals surface area contributed by atoms with Crippen LogP contribution in [0.3, 0.4) is 0 Å². The Morgan fingerprint density at radius 2 is 1.90 bits per heavy atom. The smallest absolute Gasteiger partial charge is 0.250 e. The van der Waals surface area contributed by atoms with E-state index in [9.17, 15) is 13.6 Å². The molecule has 2 rings (SSSR count). The summed E-state index contributed by atoms with van der Waals surface area (Å²) < 4.78 is 28.9. The molecule has 5 heteroatoms. The molecular weight excluding hydrogens is 274 g/mol. The highest BCUT2D eigenvalue weighted by atomic mass is 19.2. The van der Waals surface area contributed by atoms with Crippen LogP contribution in [-0.4, -0.2) is 11.1 Å². The van der Waals surface area contributed by atoms with Crippen molar-refractivity contribution in [2.75, 3.05) is 6.54 Å². The van der Waals surface area contributed by atoms with Gasteiger partial charge in [0.05, 0.1) is 6.04 Å². The lowest BCUT2D eigenvalue weighted by atomic mass is 10.1. The molecule has 0 aliphatic carbocycles. The number of nitrogens with zero attached hydrogens (tertiary/aromatic N) is 1. The predicted octanol–water partition coefficient (Wildman–Crippen LogP) is 2.79. The molecule has 3 nitrogen and oxygen atoms in total. The fourth-order valence-corrected chi connectivity index (χ4v) is 2.35. The third-order valence-corrected chi connectivity index (χ3v) is 3.44. The molecule has 1 aromatic heterocycles. The number of aryl methyl sites for hydroxylation is 1. The zero-order valence-corrected chi connectivity index (χ0v) is 12.1. The van der Waals surface area contributed by atoms with Crippen LogP contribution in [0.4, 0.5) is 8.78 Å². The Labute approximate surface area is 122 Å². The maximum absolute atomic E-state index is 14.0. The fourth-order valence-electron chi connectivity index (χ4n) is 2.35. The zero-order valence-electron chi connectivity index (χ0n) is 12.1. The normalized spacial score (nSPS) is 12.4. The molecular formula is C16H18F2N2O. The Hall–Kier alpha value is -2.01. The highest BCUT2D eigenvalue weighted by molar-refractivity contribution is 5.23. The molecule has 0 saturated carbocycles. The van der Waals surface area contributed by atoms with E-state index in [1.54, 1.807) is 10.6 Å². The molecule has 1 aromatic carbocycles. The van der Waals surface area contributed by atoms with E-state index in [0.717, 1.165) is 11.8 Å². The maximum atomic E-state index is 14.0. The van der Waals surface area contributed by atoms with Gasteiger partial charge in [-0.15, -0.1) is 0 Å². The van der Waals surface area contributed by atoms with Crippen LogP contribution in [0, 0.1) is 18.6 Å². The van der Waals surface area contributed by atoms with Crippen LogP contribution >= 0.6 is 0 Å². The standard InChI is InChI=1S/C16H18F2N2O/c1-3-19-14(12-7-5-8-13(17)16(12)18)10-20-11(2)6-4-9-15(20)21/h4-9,14,19H,3,10H2,1-2H3. The number of rotatable bonds is 5. The van der Waals surface area contributed by atoms with E-state index in [4.69, 9.17) is 0 Å². The van der Waals surface area contributed by atoms with Crippen molar-refractivity contribution in [3.05, 3.63) is 69.6 Å². The first-order valence-corrected chi connectivity index (χ1v) is 6.88. The number of halogens is 2. The van der Waals surface area contributed by atoms with Gasteiger partial charge in [-0.05, 0) is 25.6 Å². The van der Waals surface area contributed by atoms with E-state index < -0.39 is 17.7 Å². The number of benzene rings is 1. The van der Waals surface area contributed by atoms with Gasteiger partial charge in [-0.2, -0.15) is 0 Å². The number of aromatic nitrogens is 1. The summed E-state index contributed by atoms with van der Waals surface area (Å²) in [5, 5.41) is 3.10. The molecule has 1 heterocycles. The average molecular weight is 292 g/mol. The van der Waals surface area contributed by atoms with Crippen molar-refractivity contribution in [3.8, 4) is 0 Å². The zero-order chi connectivity index (χ0) is 15.4. The van der Waals surface area contributed by atoms with Crippen LogP contribution < -0.4 is 10.9 Å². The van der Waals surface area contributed by atoms with Gasteiger partial charge < -0.3 is 9.88 Å². The van der Waals surface area contributed by atoms with E-state index in [1.165, 1.54) is 18.2 Å². The fraction of sp³-hybridized carbons (Fsp3) is 0.312. The number of hydrogen-bond acceptors (Lipinski definition) is 2. The van der Waals surface area contributed by atoms with Gasteiger partial charge in [0.25, 0.3) is 5.56 Å². The van der Waals surface area contributed by atoms with Gasteiger partial charge in [0, 0.05) is 23.9 Å². The molecule has 0 saturated heterocycles. The second-order valence-electron chi connectivity index (χ2n) is 4.87. The second-order valence-corrected chi connectivity index (χ2v) is 4.87. The van der Waals surface area contributed by atoms with E-state index in [1.807, 2.05) is 19.9 Å².